The molecule has 0 heterocycles. The summed E-state index contributed by atoms with van der Waals surface area (Å²) >= 11 is 11.7. The maximum absolute atomic E-state index is 11.9. The monoisotopic (exact) mass is 339 g/mol. The number of rotatable bonds is 6. The number of hydrogen-bond acceptors (Lipinski definition) is 4. The van der Waals surface area contributed by atoms with Crippen molar-refractivity contribution in [2.24, 2.45) is 5.14 Å². The average molecular weight is 340 g/mol. The molecule has 1 aromatic rings. The number of halogens is 2. The van der Waals surface area contributed by atoms with E-state index < -0.39 is 20.9 Å². The minimum absolute atomic E-state index is 0.0407. The molecule has 1 aromatic carbocycles. The number of sulfonamides is 1. The molecule has 0 aliphatic heterocycles. The van der Waals surface area contributed by atoms with Crippen molar-refractivity contribution in [1.82, 2.24) is 0 Å². The lowest BCUT2D eigenvalue weighted by atomic mass is 10.2. The van der Waals surface area contributed by atoms with Crippen LogP contribution in [0.4, 0.5) is 0 Å². The molecule has 2 N–H and O–H groups in total. The van der Waals surface area contributed by atoms with Crippen molar-refractivity contribution < 1.29 is 17.9 Å². The molecule has 0 unspecified atom stereocenters. The van der Waals surface area contributed by atoms with E-state index in [9.17, 15) is 13.2 Å². The van der Waals surface area contributed by atoms with Gasteiger partial charge in [0.25, 0.3) is 0 Å². The smallest absolute Gasteiger partial charge is 0.339 e. The first kappa shape index (κ1) is 17.2. The number of hydrogen-bond donors (Lipinski definition) is 1. The van der Waals surface area contributed by atoms with Gasteiger partial charge in [-0.3, -0.25) is 0 Å². The largest absolute Gasteiger partial charge is 0.462 e. The second-order valence-electron chi connectivity index (χ2n) is 4.15. The summed E-state index contributed by atoms with van der Waals surface area (Å²) < 4.78 is 27.7. The fraction of sp³-hybridized carbons (Fsp3) is 0.417. The van der Waals surface area contributed by atoms with E-state index in [4.69, 9.17) is 33.1 Å². The van der Waals surface area contributed by atoms with Gasteiger partial charge in [-0.2, -0.15) is 0 Å². The van der Waals surface area contributed by atoms with Crippen molar-refractivity contribution in [3.63, 3.8) is 0 Å². The van der Waals surface area contributed by atoms with Gasteiger partial charge in [0.15, 0.2) is 0 Å². The van der Waals surface area contributed by atoms with E-state index >= 15 is 0 Å². The number of ether oxygens (including phenoxy) is 1. The third kappa shape index (κ3) is 4.63. The van der Waals surface area contributed by atoms with Crippen LogP contribution in [-0.2, 0) is 14.8 Å². The van der Waals surface area contributed by atoms with Gasteiger partial charge in [0.1, 0.15) is 4.90 Å². The molecule has 0 bridgehead atoms. The van der Waals surface area contributed by atoms with Crippen molar-refractivity contribution in [2.45, 2.75) is 31.1 Å². The Morgan fingerprint density at radius 1 is 1.30 bits per heavy atom. The summed E-state index contributed by atoms with van der Waals surface area (Å²) in [4.78, 5) is 11.5. The molecule has 20 heavy (non-hydrogen) atoms. The summed E-state index contributed by atoms with van der Waals surface area (Å²) in [6.07, 6.45) is 2.65. The summed E-state index contributed by atoms with van der Waals surface area (Å²) in [6, 6.07) is 2.34. The van der Waals surface area contributed by atoms with Crippen molar-refractivity contribution in [3.05, 3.63) is 27.7 Å². The van der Waals surface area contributed by atoms with Crippen LogP contribution in [0.2, 0.25) is 10.0 Å². The quantitative estimate of drug-likeness (QED) is 0.637. The Hall–Kier alpha value is -0.820. The molecule has 5 nitrogen and oxygen atoms in total. The maximum atomic E-state index is 11.9. The van der Waals surface area contributed by atoms with E-state index in [1.54, 1.807) is 0 Å². The highest BCUT2D eigenvalue weighted by Gasteiger charge is 2.22. The Morgan fingerprint density at radius 3 is 2.50 bits per heavy atom. The van der Waals surface area contributed by atoms with Crippen LogP contribution in [0.1, 0.15) is 36.5 Å². The molecular formula is C12H15Cl2NO4S. The Kier molecular flexibility index (Phi) is 6.26. The Balaban J connectivity index is 3.01. The fourth-order valence-electron chi connectivity index (χ4n) is 1.51. The molecule has 0 spiro atoms. The molecule has 0 amide bonds. The number of esters is 1. The zero-order valence-corrected chi connectivity index (χ0v) is 13.2. The average Bonchev–Trinajstić information content (AvgIpc) is 2.35. The summed E-state index contributed by atoms with van der Waals surface area (Å²) in [7, 11) is -4.07. The molecule has 0 saturated carbocycles. The first-order valence-corrected chi connectivity index (χ1v) is 8.26. The van der Waals surface area contributed by atoms with E-state index in [0.717, 1.165) is 25.3 Å². The normalized spacial score (nSPS) is 11.4. The summed E-state index contributed by atoms with van der Waals surface area (Å²) in [5.41, 5.74) is -0.111. The number of benzene rings is 1. The second-order valence-corrected chi connectivity index (χ2v) is 6.50. The van der Waals surface area contributed by atoms with Gasteiger partial charge in [0.2, 0.25) is 10.0 Å². The first-order chi connectivity index (χ1) is 9.27. The topological polar surface area (TPSA) is 86.5 Å². The Bertz CT molecular complexity index is 602. The van der Waals surface area contributed by atoms with Crippen molar-refractivity contribution in [1.29, 1.82) is 0 Å². The number of unbranched alkanes of at least 4 members (excludes halogenated alkanes) is 2. The number of nitrogens with two attached hydrogens (primary N) is 1. The molecule has 1 rings (SSSR count). The van der Waals surface area contributed by atoms with Crippen LogP contribution in [0.3, 0.4) is 0 Å². The standard InChI is InChI=1S/C12H15Cl2NO4S/c1-2-3-4-5-19-12(16)9-6-8(13)7-10(11(9)14)20(15,17)18/h6-7H,2-5H2,1H3,(H2,15,17,18). The van der Waals surface area contributed by atoms with Crippen molar-refractivity contribution in [2.75, 3.05) is 6.61 Å². The van der Waals surface area contributed by atoms with Crippen LogP contribution in [0.15, 0.2) is 17.0 Å². The van der Waals surface area contributed by atoms with Crippen LogP contribution in [0.25, 0.3) is 0 Å². The van der Waals surface area contributed by atoms with Crippen LogP contribution in [-0.4, -0.2) is 21.0 Å². The van der Waals surface area contributed by atoms with Gasteiger partial charge in [0, 0.05) is 5.02 Å². The zero-order valence-electron chi connectivity index (χ0n) is 10.9. The van der Waals surface area contributed by atoms with Gasteiger partial charge >= 0.3 is 5.97 Å². The third-order valence-corrected chi connectivity index (χ3v) is 4.18. The number of carbonyl (C=O) groups is 1. The van der Waals surface area contributed by atoms with Crippen molar-refractivity contribution >= 4 is 39.2 Å². The third-order valence-electron chi connectivity index (χ3n) is 2.51. The molecular weight excluding hydrogens is 325 g/mol. The van der Waals surface area contributed by atoms with E-state index in [1.807, 2.05) is 6.92 Å². The van der Waals surface area contributed by atoms with Gasteiger partial charge in [-0.25, -0.2) is 18.4 Å². The maximum Gasteiger partial charge on any atom is 0.339 e. The molecule has 0 saturated heterocycles. The zero-order chi connectivity index (χ0) is 15.3. The van der Waals surface area contributed by atoms with E-state index in [-0.39, 0.29) is 22.2 Å². The van der Waals surface area contributed by atoms with Crippen molar-refractivity contribution in [3.8, 4) is 0 Å². The predicted molar refractivity (Wildman–Crippen MR) is 77.6 cm³/mol. The van der Waals surface area contributed by atoms with E-state index in [2.05, 4.69) is 0 Å². The molecule has 0 fully saturated rings. The van der Waals surface area contributed by atoms with Gasteiger partial charge in [0.05, 0.1) is 17.2 Å². The van der Waals surface area contributed by atoms with Gasteiger partial charge in [-0.1, -0.05) is 43.0 Å². The molecule has 8 heteroatoms. The fourth-order valence-corrected chi connectivity index (χ4v) is 2.96. The van der Waals surface area contributed by atoms with E-state index in [0.29, 0.717) is 0 Å². The summed E-state index contributed by atoms with van der Waals surface area (Å²) in [5.74, 6) is -0.724. The Morgan fingerprint density at radius 2 is 1.95 bits per heavy atom. The SMILES string of the molecule is CCCCCOC(=O)c1cc(Cl)cc(S(N)(=O)=O)c1Cl. The minimum Gasteiger partial charge on any atom is -0.462 e. The lowest BCUT2D eigenvalue weighted by molar-refractivity contribution is 0.0498. The molecule has 0 radical (unpaired) electrons. The van der Waals surface area contributed by atoms with Gasteiger partial charge in [-0.05, 0) is 18.6 Å². The number of primary sulfonamides is 1. The molecule has 0 aliphatic rings. The van der Waals surface area contributed by atoms with Gasteiger partial charge in [-0.15, -0.1) is 0 Å². The highest BCUT2D eigenvalue weighted by Crippen LogP contribution is 2.29. The molecule has 0 aliphatic carbocycles. The van der Waals surface area contributed by atoms with Gasteiger partial charge < -0.3 is 4.74 Å². The first-order valence-electron chi connectivity index (χ1n) is 5.96. The lowest BCUT2D eigenvalue weighted by Gasteiger charge is -2.09. The molecule has 0 aromatic heterocycles. The second kappa shape index (κ2) is 7.26. The minimum atomic E-state index is -4.07. The highest BCUT2D eigenvalue weighted by atomic mass is 35.5. The summed E-state index contributed by atoms with van der Waals surface area (Å²) in [5, 5.41) is 4.77. The van der Waals surface area contributed by atoms with Crippen LogP contribution in [0, 0.1) is 0 Å². The predicted octanol–water partition coefficient (Wildman–Crippen LogP) is 2.99. The van der Waals surface area contributed by atoms with Crippen LogP contribution < -0.4 is 5.14 Å². The van der Waals surface area contributed by atoms with E-state index in [1.165, 1.54) is 6.07 Å². The highest BCUT2D eigenvalue weighted by molar-refractivity contribution is 7.89. The van der Waals surface area contributed by atoms with Crippen LogP contribution >= 0.6 is 23.2 Å². The molecule has 0 atom stereocenters. The Labute approximate surface area is 128 Å². The molecule has 112 valence electrons. The summed E-state index contributed by atoms with van der Waals surface area (Å²) in [6.45, 7) is 2.26. The lowest BCUT2D eigenvalue weighted by Crippen LogP contribution is -2.15. The number of carbonyl (C=O) groups excluding carboxylic acids is 1. The van der Waals surface area contributed by atoms with Crippen LogP contribution in [0.5, 0.6) is 0 Å².